The number of hydrogen-bond acceptors (Lipinski definition) is 4. The van der Waals surface area contributed by atoms with Crippen molar-refractivity contribution in [3.05, 3.63) is 59.1 Å². The van der Waals surface area contributed by atoms with E-state index in [1.54, 1.807) is 31.4 Å². The van der Waals surface area contributed by atoms with E-state index in [2.05, 4.69) is 24.1 Å². The second-order valence-corrected chi connectivity index (χ2v) is 8.06. The Hall–Kier alpha value is -2.24. The minimum Gasteiger partial charge on any atom is -0.497 e. The summed E-state index contributed by atoms with van der Waals surface area (Å²) in [7, 11) is 3.85. The van der Waals surface area contributed by atoms with Gasteiger partial charge in [-0.15, -0.1) is 0 Å². The van der Waals surface area contributed by atoms with Crippen LogP contribution in [0.25, 0.3) is 0 Å². The molecule has 2 aliphatic heterocycles. The molecule has 28 heavy (non-hydrogen) atoms. The van der Waals surface area contributed by atoms with E-state index in [4.69, 9.17) is 21.1 Å². The van der Waals surface area contributed by atoms with Crippen LogP contribution in [0.1, 0.15) is 11.6 Å². The van der Waals surface area contributed by atoms with Gasteiger partial charge in [-0.2, -0.15) is 0 Å². The van der Waals surface area contributed by atoms with Crippen molar-refractivity contribution in [2.75, 3.05) is 40.4 Å². The van der Waals surface area contributed by atoms with E-state index in [0.717, 1.165) is 25.4 Å². The Bertz CT molecular complexity index is 825. The summed E-state index contributed by atoms with van der Waals surface area (Å²) in [5.41, 5.74) is 1.28. The van der Waals surface area contributed by atoms with E-state index in [0.29, 0.717) is 28.6 Å². The van der Waals surface area contributed by atoms with Crippen LogP contribution in [-0.2, 0) is 4.79 Å². The van der Waals surface area contributed by atoms with Crippen molar-refractivity contribution in [1.29, 1.82) is 0 Å². The summed E-state index contributed by atoms with van der Waals surface area (Å²) in [6.07, 6.45) is 0. The Labute approximate surface area is 170 Å². The van der Waals surface area contributed by atoms with E-state index in [1.807, 2.05) is 17.0 Å². The van der Waals surface area contributed by atoms with Gasteiger partial charge in [0.15, 0.2) is 6.61 Å². The molecule has 2 aliphatic rings. The van der Waals surface area contributed by atoms with Crippen LogP contribution in [-0.4, -0.2) is 56.1 Å². The number of benzene rings is 2. The van der Waals surface area contributed by atoms with Gasteiger partial charge in [-0.3, -0.25) is 9.69 Å². The summed E-state index contributed by atoms with van der Waals surface area (Å²) in [5, 5.41) is 0.653. The van der Waals surface area contributed by atoms with Crippen LogP contribution < -0.4 is 9.47 Å². The number of fused-ring (bicyclic) bond motifs is 1. The predicted octanol–water partition coefficient (Wildman–Crippen LogP) is 3.49. The maximum absolute atomic E-state index is 12.7. The first-order chi connectivity index (χ1) is 13.5. The van der Waals surface area contributed by atoms with Crippen LogP contribution in [0.2, 0.25) is 5.02 Å². The van der Waals surface area contributed by atoms with E-state index in [-0.39, 0.29) is 12.5 Å². The summed E-state index contributed by atoms with van der Waals surface area (Å²) in [6, 6.07) is 15.7. The Morgan fingerprint density at radius 2 is 1.71 bits per heavy atom. The highest BCUT2D eigenvalue weighted by molar-refractivity contribution is 6.30. The molecule has 2 aromatic rings. The molecule has 0 aliphatic carbocycles. The number of carbonyl (C=O) groups is 1. The summed E-state index contributed by atoms with van der Waals surface area (Å²) < 4.78 is 10.9. The molecule has 2 aromatic carbocycles. The molecule has 5 nitrogen and oxygen atoms in total. The van der Waals surface area contributed by atoms with Gasteiger partial charge in [0.25, 0.3) is 5.91 Å². The van der Waals surface area contributed by atoms with E-state index in [1.165, 1.54) is 5.56 Å². The lowest BCUT2D eigenvalue weighted by Crippen LogP contribution is -2.36. The Morgan fingerprint density at radius 1 is 1.04 bits per heavy atom. The molecule has 4 rings (SSSR count). The molecule has 2 saturated heterocycles. The third kappa shape index (κ3) is 3.82. The van der Waals surface area contributed by atoms with E-state index >= 15 is 0 Å². The molecule has 0 saturated carbocycles. The van der Waals surface area contributed by atoms with Gasteiger partial charge in [0, 0.05) is 36.6 Å². The fourth-order valence-corrected chi connectivity index (χ4v) is 4.66. The topological polar surface area (TPSA) is 42.0 Å². The molecule has 0 aromatic heterocycles. The Kier molecular flexibility index (Phi) is 5.47. The maximum Gasteiger partial charge on any atom is 0.260 e. The minimum absolute atomic E-state index is 0.0421. The zero-order valence-corrected chi connectivity index (χ0v) is 16.9. The number of halogens is 1. The molecule has 148 valence electrons. The number of hydrogen-bond donors (Lipinski definition) is 0. The van der Waals surface area contributed by atoms with Crippen LogP contribution in [0.3, 0.4) is 0 Å². The molecule has 0 unspecified atom stereocenters. The SMILES string of the molecule is COc1ccc([C@H]2[C@@H]3CN(C(=O)COc4ccc(Cl)cc4)C[C@@H]3CN2C)cc1. The summed E-state index contributed by atoms with van der Waals surface area (Å²) in [6.45, 7) is 2.63. The Morgan fingerprint density at radius 3 is 2.39 bits per heavy atom. The standard InChI is InChI=1S/C22H25ClN2O3/c1-24-11-16-12-25(21(26)14-28-19-9-5-17(23)6-10-19)13-20(16)22(24)15-3-7-18(27-2)8-4-15/h3-10,16,20,22H,11-14H2,1-2H3/t16-,20+,22-/m0/s1. The van der Waals surface area contributed by atoms with Gasteiger partial charge < -0.3 is 14.4 Å². The molecule has 1 amide bonds. The number of amides is 1. The van der Waals surface area contributed by atoms with Gasteiger partial charge in [0.1, 0.15) is 11.5 Å². The zero-order chi connectivity index (χ0) is 19.7. The monoisotopic (exact) mass is 400 g/mol. The molecule has 2 fully saturated rings. The number of carbonyl (C=O) groups excluding carboxylic acids is 1. The molecule has 6 heteroatoms. The van der Waals surface area contributed by atoms with Crippen LogP contribution in [0.5, 0.6) is 11.5 Å². The first kappa shape index (κ1) is 19.1. The summed E-state index contributed by atoms with van der Waals surface area (Å²) in [4.78, 5) is 17.0. The summed E-state index contributed by atoms with van der Waals surface area (Å²) >= 11 is 5.88. The van der Waals surface area contributed by atoms with Gasteiger partial charge in [0.05, 0.1) is 7.11 Å². The maximum atomic E-state index is 12.7. The van der Waals surface area contributed by atoms with Crippen molar-refractivity contribution in [3.63, 3.8) is 0 Å². The van der Waals surface area contributed by atoms with E-state index < -0.39 is 0 Å². The fourth-order valence-electron chi connectivity index (χ4n) is 4.53. The second kappa shape index (κ2) is 8.02. The average Bonchev–Trinajstić information content (AvgIpc) is 3.24. The molecule has 0 radical (unpaired) electrons. The quantitative estimate of drug-likeness (QED) is 0.770. The van der Waals surface area contributed by atoms with Gasteiger partial charge in [-0.25, -0.2) is 0 Å². The van der Waals surface area contributed by atoms with Gasteiger partial charge in [-0.05, 0) is 54.9 Å². The molecule has 0 spiro atoms. The lowest BCUT2D eigenvalue weighted by atomic mass is 9.89. The first-order valence-electron chi connectivity index (χ1n) is 9.55. The van der Waals surface area contributed by atoms with Crippen LogP contribution in [0.4, 0.5) is 0 Å². The lowest BCUT2D eigenvalue weighted by molar-refractivity contribution is -0.132. The lowest BCUT2D eigenvalue weighted by Gasteiger charge is -2.27. The average molecular weight is 401 g/mol. The third-order valence-electron chi connectivity index (χ3n) is 5.88. The highest BCUT2D eigenvalue weighted by atomic mass is 35.5. The normalized spacial score (nSPS) is 24.2. The number of methoxy groups -OCH3 is 1. The largest absolute Gasteiger partial charge is 0.497 e. The molecule has 2 heterocycles. The second-order valence-electron chi connectivity index (χ2n) is 7.62. The van der Waals surface area contributed by atoms with Gasteiger partial charge in [0.2, 0.25) is 0 Å². The van der Waals surface area contributed by atoms with Gasteiger partial charge >= 0.3 is 0 Å². The Balaban J connectivity index is 1.39. The van der Waals surface area contributed by atoms with Crippen LogP contribution in [0, 0.1) is 11.8 Å². The van der Waals surface area contributed by atoms with Crippen LogP contribution in [0.15, 0.2) is 48.5 Å². The summed E-state index contributed by atoms with van der Waals surface area (Å²) in [5.74, 6) is 2.51. The van der Waals surface area contributed by atoms with Crippen LogP contribution >= 0.6 is 11.6 Å². The number of likely N-dealkylation sites (tertiary alicyclic amines) is 2. The van der Waals surface area contributed by atoms with Gasteiger partial charge in [-0.1, -0.05) is 23.7 Å². The smallest absolute Gasteiger partial charge is 0.260 e. The van der Waals surface area contributed by atoms with Crippen molar-refractivity contribution in [3.8, 4) is 11.5 Å². The van der Waals surface area contributed by atoms with Crippen molar-refractivity contribution >= 4 is 17.5 Å². The van der Waals surface area contributed by atoms with Crippen molar-refractivity contribution in [1.82, 2.24) is 9.80 Å². The number of nitrogens with zero attached hydrogens (tertiary/aromatic N) is 2. The molecular formula is C22H25ClN2O3. The highest BCUT2D eigenvalue weighted by Crippen LogP contribution is 2.44. The number of ether oxygens (including phenoxy) is 2. The predicted molar refractivity (Wildman–Crippen MR) is 109 cm³/mol. The highest BCUT2D eigenvalue weighted by Gasteiger charge is 2.47. The van der Waals surface area contributed by atoms with Crippen molar-refractivity contribution in [2.24, 2.45) is 11.8 Å². The number of rotatable bonds is 5. The minimum atomic E-state index is 0.0421. The zero-order valence-electron chi connectivity index (χ0n) is 16.2. The van der Waals surface area contributed by atoms with E-state index in [9.17, 15) is 4.79 Å². The fraction of sp³-hybridized carbons (Fsp3) is 0.409. The third-order valence-corrected chi connectivity index (χ3v) is 6.13. The molecular weight excluding hydrogens is 376 g/mol. The molecule has 3 atom stereocenters. The molecule has 0 N–H and O–H groups in total. The molecule has 0 bridgehead atoms. The first-order valence-corrected chi connectivity index (χ1v) is 9.93. The van der Waals surface area contributed by atoms with Crippen molar-refractivity contribution < 1.29 is 14.3 Å². The van der Waals surface area contributed by atoms with Crippen molar-refractivity contribution in [2.45, 2.75) is 6.04 Å².